The zero-order valence-corrected chi connectivity index (χ0v) is 16.5. The fraction of sp³-hybridized carbons (Fsp3) is 0.600. The molecule has 3 rings (SSSR count). The van der Waals surface area contributed by atoms with Gasteiger partial charge in [0.2, 0.25) is 5.91 Å². The van der Waals surface area contributed by atoms with Gasteiger partial charge in [0.1, 0.15) is 0 Å². The van der Waals surface area contributed by atoms with Crippen LogP contribution in [0.25, 0.3) is 0 Å². The van der Waals surface area contributed by atoms with E-state index in [9.17, 15) is 4.79 Å². The van der Waals surface area contributed by atoms with E-state index in [1.807, 2.05) is 29.2 Å². The van der Waals surface area contributed by atoms with E-state index in [0.717, 1.165) is 49.8 Å². The highest BCUT2D eigenvalue weighted by Crippen LogP contribution is 2.23. The lowest BCUT2D eigenvalue weighted by Gasteiger charge is -2.30. The SMILES string of the molecule is CC1CCCN(CCCNC(=S)Nc2ccc(N3CCCC3=O)cc2)C1. The molecule has 2 N–H and O–H groups in total. The van der Waals surface area contributed by atoms with Gasteiger partial charge in [0.05, 0.1) is 0 Å². The highest BCUT2D eigenvalue weighted by Gasteiger charge is 2.21. The van der Waals surface area contributed by atoms with Gasteiger partial charge in [-0.05, 0) is 81.2 Å². The van der Waals surface area contributed by atoms with Gasteiger partial charge >= 0.3 is 0 Å². The Morgan fingerprint density at radius 3 is 2.73 bits per heavy atom. The van der Waals surface area contributed by atoms with Crippen LogP contribution < -0.4 is 15.5 Å². The minimum absolute atomic E-state index is 0.214. The number of carbonyl (C=O) groups is 1. The maximum Gasteiger partial charge on any atom is 0.227 e. The first-order valence-corrected chi connectivity index (χ1v) is 10.2. The molecule has 1 unspecified atom stereocenters. The molecule has 2 heterocycles. The monoisotopic (exact) mass is 374 g/mol. The number of benzene rings is 1. The number of thiocarbonyl (C=S) groups is 1. The largest absolute Gasteiger partial charge is 0.362 e. The first-order valence-electron chi connectivity index (χ1n) is 9.79. The molecular formula is C20H30N4OS. The third-order valence-corrected chi connectivity index (χ3v) is 5.43. The molecule has 1 atom stereocenters. The molecule has 0 radical (unpaired) electrons. The van der Waals surface area contributed by atoms with Crippen LogP contribution in [-0.2, 0) is 4.79 Å². The van der Waals surface area contributed by atoms with Gasteiger partial charge in [0.15, 0.2) is 5.11 Å². The third kappa shape index (κ3) is 5.42. The second-order valence-electron chi connectivity index (χ2n) is 7.48. The van der Waals surface area contributed by atoms with E-state index in [0.29, 0.717) is 11.5 Å². The molecule has 0 aliphatic carbocycles. The van der Waals surface area contributed by atoms with E-state index < -0.39 is 0 Å². The number of piperidine rings is 1. The van der Waals surface area contributed by atoms with Crippen molar-refractivity contribution in [2.45, 2.75) is 39.0 Å². The summed E-state index contributed by atoms with van der Waals surface area (Å²) in [5.41, 5.74) is 1.91. The Morgan fingerprint density at radius 2 is 2.04 bits per heavy atom. The van der Waals surface area contributed by atoms with Crippen molar-refractivity contribution in [3.05, 3.63) is 24.3 Å². The number of carbonyl (C=O) groups excluding carboxylic acids is 1. The molecule has 0 bridgehead atoms. The summed E-state index contributed by atoms with van der Waals surface area (Å²) in [4.78, 5) is 16.2. The molecular weight excluding hydrogens is 344 g/mol. The van der Waals surface area contributed by atoms with Crippen molar-refractivity contribution in [1.82, 2.24) is 10.2 Å². The van der Waals surface area contributed by atoms with Gasteiger partial charge < -0.3 is 20.4 Å². The topological polar surface area (TPSA) is 47.6 Å². The molecule has 2 aliphatic rings. The molecule has 5 nitrogen and oxygen atoms in total. The molecule has 26 heavy (non-hydrogen) atoms. The summed E-state index contributed by atoms with van der Waals surface area (Å²) in [5.74, 6) is 1.05. The Bertz CT molecular complexity index is 619. The summed E-state index contributed by atoms with van der Waals surface area (Å²) in [6.45, 7) is 7.65. The molecule has 2 aliphatic heterocycles. The van der Waals surface area contributed by atoms with E-state index in [1.54, 1.807) is 0 Å². The van der Waals surface area contributed by atoms with Crippen molar-refractivity contribution in [3.63, 3.8) is 0 Å². The number of anilines is 2. The van der Waals surface area contributed by atoms with E-state index in [1.165, 1.54) is 25.9 Å². The molecule has 0 saturated carbocycles. The van der Waals surface area contributed by atoms with Gasteiger partial charge in [-0.2, -0.15) is 0 Å². The number of nitrogens with zero attached hydrogens (tertiary/aromatic N) is 2. The minimum atomic E-state index is 0.214. The molecule has 0 spiro atoms. The maximum atomic E-state index is 11.8. The zero-order valence-electron chi connectivity index (χ0n) is 15.7. The van der Waals surface area contributed by atoms with Gasteiger partial charge in [-0.1, -0.05) is 6.92 Å². The Labute approximate surface area is 162 Å². The standard InChI is InChI=1S/C20H30N4OS/c1-16-5-2-12-23(15-16)13-4-11-21-20(26)22-17-7-9-18(10-8-17)24-14-3-6-19(24)25/h7-10,16H,2-6,11-15H2,1H3,(H2,21,22,26). The van der Waals surface area contributed by atoms with Crippen LogP contribution in [0.15, 0.2) is 24.3 Å². The lowest BCUT2D eigenvalue weighted by Crippen LogP contribution is -2.37. The van der Waals surface area contributed by atoms with Crippen LogP contribution in [0.4, 0.5) is 11.4 Å². The predicted octanol–water partition coefficient (Wildman–Crippen LogP) is 3.22. The van der Waals surface area contributed by atoms with Crippen LogP contribution in [0, 0.1) is 5.92 Å². The number of hydrogen-bond acceptors (Lipinski definition) is 3. The highest BCUT2D eigenvalue weighted by atomic mass is 32.1. The average molecular weight is 375 g/mol. The fourth-order valence-corrected chi connectivity index (χ4v) is 4.04. The Morgan fingerprint density at radius 1 is 1.23 bits per heavy atom. The molecule has 2 saturated heterocycles. The van der Waals surface area contributed by atoms with Crippen LogP contribution in [0.3, 0.4) is 0 Å². The first kappa shape index (κ1) is 19.1. The molecule has 1 aromatic rings. The second kappa shape index (κ2) is 9.33. The zero-order chi connectivity index (χ0) is 18.4. The minimum Gasteiger partial charge on any atom is -0.362 e. The fourth-order valence-electron chi connectivity index (χ4n) is 3.82. The van der Waals surface area contributed by atoms with Crippen molar-refractivity contribution in [3.8, 4) is 0 Å². The lowest BCUT2D eigenvalue weighted by molar-refractivity contribution is -0.117. The summed E-state index contributed by atoms with van der Waals surface area (Å²) in [5, 5.41) is 7.16. The van der Waals surface area contributed by atoms with Crippen LogP contribution in [0.5, 0.6) is 0 Å². The van der Waals surface area contributed by atoms with Crippen molar-refractivity contribution in [2.75, 3.05) is 42.9 Å². The van der Waals surface area contributed by atoms with Gasteiger partial charge in [0, 0.05) is 37.4 Å². The van der Waals surface area contributed by atoms with Crippen LogP contribution in [0.2, 0.25) is 0 Å². The maximum absolute atomic E-state index is 11.8. The van der Waals surface area contributed by atoms with E-state index in [4.69, 9.17) is 12.2 Å². The Hall–Kier alpha value is -1.66. The highest BCUT2D eigenvalue weighted by molar-refractivity contribution is 7.80. The second-order valence-corrected chi connectivity index (χ2v) is 7.89. The van der Waals surface area contributed by atoms with Crippen LogP contribution in [0.1, 0.15) is 39.0 Å². The normalized spacial score (nSPS) is 21.0. The molecule has 6 heteroatoms. The molecule has 1 aromatic carbocycles. The van der Waals surface area contributed by atoms with Crippen LogP contribution in [-0.4, -0.2) is 48.6 Å². The smallest absolute Gasteiger partial charge is 0.227 e. The van der Waals surface area contributed by atoms with Gasteiger partial charge in [0.25, 0.3) is 0 Å². The van der Waals surface area contributed by atoms with Gasteiger partial charge in [-0.25, -0.2) is 0 Å². The van der Waals surface area contributed by atoms with E-state index in [-0.39, 0.29) is 5.91 Å². The predicted molar refractivity (Wildman–Crippen MR) is 112 cm³/mol. The number of rotatable bonds is 6. The first-order chi connectivity index (χ1) is 12.6. The lowest BCUT2D eigenvalue weighted by atomic mass is 10.0. The Kier molecular flexibility index (Phi) is 6.86. The number of hydrogen-bond donors (Lipinski definition) is 2. The molecule has 142 valence electrons. The average Bonchev–Trinajstić information content (AvgIpc) is 3.05. The summed E-state index contributed by atoms with van der Waals surface area (Å²) < 4.78 is 0. The number of amides is 1. The van der Waals surface area contributed by atoms with Crippen molar-refractivity contribution in [1.29, 1.82) is 0 Å². The summed E-state index contributed by atoms with van der Waals surface area (Å²) in [6, 6.07) is 7.91. The quantitative estimate of drug-likeness (QED) is 0.591. The van der Waals surface area contributed by atoms with Crippen molar-refractivity contribution < 1.29 is 4.79 Å². The van der Waals surface area contributed by atoms with Crippen molar-refractivity contribution in [2.24, 2.45) is 5.92 Å². The molecule has 0 aromatic heterocycles. The van der Waals surface area contributed by atoms with Gasteiger partial charge in [-0.15, -0.1) is 0 Å². The third-order valence-electron chi connectivity index (χ3n) is 5.19. The van der Waals surface area contributed by atoms with Crippen LogP contribution >= 0.6 is 12.2 Å². The Balaban J connectivity index is 1.36. The summed E-state index contributed by atoms with van der Waals surface area (Å²) in [6.07, 6.45) is 5.40. The number of likely N-dealkylation sites (tertiary alicyclic amines) is 1. The number of nitrogens with one attached hydrogen (secondary N) is 2. The molecule has 1 amide bonds. The van der Waals surface area contributed by atoms with Gasteiger partial charge in [-0.3, -0.25) is 4.79 Å². The molecule has 2 fully saturated rings. The van der Waals surface area contributed by atoms with E-state index in [2.05, 4.69) is 22.5 Å². The van der Waals surface area contributed by atoms with E-state index >= 15 is 0 Å². The van der Waals surface area contributed by atoms with Crippen molar-refractivity contribution >= 4 is 34.6 Å². The summed E-state index contributed by atoms with van der Waals surface area (Å²) in [7, 11) is 0. The summed E-state index contributed by atoms with van der Waals surface area (Å²) >= 11 is 5.38.